The van der Waals surface area contributed by atoms with Gasteiger partial charge in [-0.3, -0.25) is 9.69 Å². The van der Waals surface area contributed by atoms with Crippen LogP contribution in [0.25, 0.3) is 0 Å². The molecule has 3 N–H and O–H groups in total. The van der Waals surface area contributed by atoms with E-state index in [2.05, 4.69) is 70.9 Å². The number of nitrogens with two attached hydrogens (primary N) is 1. The van der Waals surface area contributed by atoms with Gasteiger partial charge >= 0.3 is 0 Å². The Kier molecular flexibility index (Phi) is 7.07. The standard InChI is InChI=1S/C27H31N3O2/c1-32-23-12-13-25(28)24(18-23)27(31)29-19-20-14-16-30(17-15-20)26(21-8-4-2-5-9-21)22-10-6-3-7-11-22/h2-13,18,20,26H,14-17,19,28H2,1H3,(H,29,31). The molecule has 1 aliphatic rings. The lowest BCUT2D eigenvalue weighted by Crippen LogP contribution is -2.40. The van der Waals surface area contributed by atoms with Crippen LogP contribution in [0.4, 0.5) is 5.69 Å². The summed E-state index contributed by atoms with van der Waals surface area (Å²) < 4.78 is 5.22. The van der Waals surface area contributed by atoms with Crippen LogP contribution in [0.1, 0.15) is 40.4 Å². The largest absolute Gasteiger partial charge is 0.497 e. The molecule has 0 bridgehead atoms. The minimum atomic E-state index is -0.143. The molecule has 0 radical (unpaired) electrons. The van der Waals surface area contributed by atoms with E-state index in [9.17, 15) is 4.79 Å². The molecular formula is C27H31N3O2. The lowest BCUT2D eigenvalue weighted by molar-refractivity contribution is 0.0931. The molecule has 0 aromatic heterocycles. The molecule has 1 saturated heterocycles. The van der Waals surface area contributed by atoms with Crippen LogP contribution in [0, 0.1) is 5.92 Å². The number of piperidine rings is 1. The molecule has 1 aliphatic heterocycles. The van der Waals surface area contributed by atoms with Crippen LogP contribution < -0.4 is 15.8 Å². The van der Waals surface area contributed by atoms with Crippen molar-refractivity contribution in [2.45, 2.75) is 18.9 Å². The second-order valence-corrected chi connectivity index (χ2v) is 8.37. The van der Waals surface area contributed by atoms with Gasteiger partial charge in [0.25, 0.3) is 5.91 Å². The first kappa shape index (κ1) is 21.9. The number of ether oxygens (including phenoxy) is 1. The zero-order valence-corrected chi connectivity index (χ0v) is 18.5. The van der Waals surface area contributed by atoms with Crippen molar-refractivity contribution in [2.75, 3.05) is 32.5 Å². The highest BCUT2D eigenvalue weighted by Gasteiger charge is 2.27. The van der Waals surface area contributed by atoms with Crippen LogP contribution in [0.3, 0.4) is 0 Å². The van der Waals surface area contributed by atoms with Crippen molar-refractivity contribution in [3.8, 4) is 5.75 Å². The van der Waals surface area contributed by atoms with Gasteiger partial charge in [0.05, 0.1) is 18.7 Å². The van der Waals surface area contributed by atoms with Crippen LogP contribution in [-0.2, 0) is 0 Å². The van der Waals surface area contributed by atoms with Gasteiger partial charge in [0, 0.05) is 12.2 Å². The molecule has 0 saturated carbocycles. The molecule has 4 rings (SSSR count). The predicted molar refractivity (Wildman–Crippen MR) is 129 cm³/mol. The number of methoxy groups -OCH3 is 1. The van der Waals surface area contributed by atoms with E-state index < -0.39 is 0 Å². The summed E-state index contributed by atoms with van der Waals surface area (Å²) in [4.78, 5) is 15.2. The number of anilines is 1. The fourth-order valence-corrected chi connectivity index (χ4v) is 4.49. The number of nitrogens with zero attached hydrogens (tertiary/aromatic N) is 1. The molecule has 0 unspecified atom stereocenters. The monoisotopic (exact) mass is 429 g/mol. The Morgan fingerprint density at radius 3 is 2.16 bits per heavy atom. The molecule has 1 amide bonds. The van der Waals surface area contributed by atoms with Gasteiger partial charge in [0.15, 0.2) is 0 Å². The van der Waals surface area contributed by atoms with Crippen molar-refractivity contribution in [1.29, 1.82) is 0 Å². The Hall–Kier alpha value is -3.31. The molecule has 3 aromatic rings. The van der Waals surface area contributed by atoms with E-state index in [0.717, 1.165) is 25.9 Å². The highest BCUT2D eigenvalue weighted by Crippen LogP contribution is 2.32. The van der Waals surface area contributed by atoms with E-state index in [1.807, 2.05) is 0 Å². The third-order valence-corrected chi connectivity index (χ3v) is 6.30. The number of carbonyl (C=O) groups is 1. The molecule has 0 atom stereocenters. The average molecular weight is 430 g/mol. The lowest BCUT2D eigenvalue weighted by Gasteiger charge is -2.38. The molecule has 0 spiro atoms. The van der Waals surface area contributed by atoms with Gasteiger partial charge in [-0.25, -0.2) is 0 Å². The zero-order chi connectivity index (χ0) is 22.3. The third kappa shape index (κ3) is 5.11. The highest BCUT2D eigenvalue weighted by molar-refractivity contribution is 5.99. The summed E-state index contributed by atoms with van der Waals surface area (Å²) >= 11 is 0. The van der Waals surface area contributed by atoms with Gasteiger partial charge < -0.3 is 15.8 Å². The van der Waals surface area contributed by atoms with E-state index in [1.165, 1.54) is 11.1 Å². The van der Waals surface area contributed by atoms with Crippen molar-refractivity contribution in [1.82, 2.24) is 10.2 Å². The summed E-state index contributed by atoms with van der Waals surface area (Å²) in [6, 6.07) is 26.8. The number of rotatable bonds is 7. The van der Waals surface area contributed by atoms with E-state index in [4.69, 9.17) is 10.5 Å². The fraction of sp³-hybridized carbons (Fsp3) is 0.296. The quantitative estimate of drug-likeness (QED) is 0.543. The second-order valence-electron chi connectivity index (χ2n) is 8.37. The smallest absolute Gasteiger partial charge is 0.253 e. The topological polar surface area (TPSA) is 67.6 Å². The summed E-state index contributed by atoms with van der Waals surface area (Å²) in [5, 5.41) is 3.08. The first-order valence-electron chi connectivity index (χ1n) is 11.2. The number of nitrogens with one attached hydrogen (secondary N) is 1. The Labute approximate surface area is 190 Å². The van der Waals surface area contributed by atoms with Gasteiger partial charge in [-0.1, -0.05) is 60.7 Å². The lowest BCUT2D eigenvalue weighted by atomic mass is 9.91. The van der Waals surface area contributed by atoms with E-state index in [1.54, 1.807) is 25.3 Å². The average Bonchev–Trinajstić information content (AvgIpc) is 2.85. The maximum absolute atomic E-state index is 12.7. The highest BCUT2D eigenvalue weighted by atomic mass is 16.5. The number of likely N-dealkylation sites (tertiary alicyclic amines) is 1. The zero-order valence-electron chi connectivity index (χ0n) is 18.5. The number of amides is 1. The van der Waals surface area contributed by atoms with Crippen molar-refractivity contribution in [3.05, 3.63) is 95.6 Å². The van der Waals surface area contributed by atoms with Gasteiger partial charge in [-0.2, -0.15) is 0 Å². The Morgan fingerprint density at radius 1 is 1.00 bits per heavy atom. The maximum Gasteiger partial charge on any atom is 0.253 e. The number of hydrogen-bond acceptors (Lipinski definition) is 4. The van der Waals surface area contributed by atoms with E-state index in [0.29, 0.717) is 29.5 Å². The van der Waals surface area contributed by atoms with Gasteiger partial charge in [-0.15, -0.1) is 0 Å². The first-order valence-corrected chi connectivity index (χ1v) is 11.2. The SMILES string of the molecule is COc1ccc(N)c(C(=O)NCC2CCN(C(c3ccccc3)c3ccccc3)CC2)c1. The molecule has 5 nitrogen and oxygen atoms in total. The number of carbonyl (C=O) groups excluding carboxylic acids is 1. The minimum Gasteiger partial charge on any atom is -0.497 e. The summed E-state index contributed by atoms with van der Waals surface area (Å²) in [7, 11) is 1.58. The van der Waals surface area contributed by atoms with Gasteiger partial charge in [-0.05, 0) is 61.2 Å². The molecule has 166 valence electrons. The summed E-state index contributed by atoms with van der Waals surface area (Å²) in [6.07, 6.45) is 2.09. The molecule has 1 heterocycles. The number of benzene rings is 3. The first-order chi connectivity index (χ1) is 15.7. The summed E-state index contributed by atoms with van der Waals surface area (Å²) in [5.41, 5.74) is 9.56. The van der Waals surface area contributed by atoms with Crippen LogP contribution in [0.15, 0.2) is 78.9 Å². The second kappa shape index (κ2) is 10.3. The number of nitrogen functional groups attached to an aromatic ring is 1. The van der Waals surface area contributed by atoms with Crippen molar-refractivity contribution in [2.24, 2.45) is 5.92 Å². The third-order valence-electron chi connectivity index (χ3n) is 6.30. The van der Waals surface area contributed by atoms with Crippen LogP contribution in [0.5, 0.6) is 5.75 Å². The summed E-state index contributed by atoms with van der Waals surface area (Å²) in [6.45, 7) is 2.65. The van der Waals surface area contributed by atoms with Crippen molar-refractivity contribution in [3.63, 3.8) is 0 Å². The summed E-state index contributed by atoms with van der Waals surface area (Å²) in [5.74, 6) is 0.940. The van der Waals surface area contributed by atoms with Crippen molar-refractivity contribution >= 4 is 11.6 Å². The van der Waals surface area contributed by atoms with Crippen molar-refractivity contribution < 1.29 is 9.53 Å². The van der Waals surface area contributed by atoms with Crippen LogP contribution in [-0.4, -0.2) is 37.6 Å². The Bertz CT molecular complexity index is 976. The van der Waals surface area contributed by atoms with Gasteiger partial charge in [0.1, 0.15) is 5.75 Å². The number of hydrogen-bond donors (Lipinski definition) is 2. The maximum atomic E-state index is 12.7. The molecule has 32 heavy (non-hydrogen) atoms. The van der Waals surface area contributed by atoms with E-state index >= 15 is 0 Å². The van der Waals surface area contributed by atoms with Crippen LogP contribution >= 0.6 is 0 Å². The molecule has 3 aromatic carbocycles. The molecule has 1 fully saturated rings. The molecule has 5 heteroatoms. The van der Waals surface area contributed by atoms with Gasteiger partial charge in [0.2, 0.25) is 0 Å². The molecular weight excluding hydrogens is 398 g/mol. The normalized spacial score (nSPS) is 14.9. The minimum absolute atomic E-state index is 0.143. The van der Waals surface area contributed by atoms with Crippen LogP contribution in [0.2, 0.25) is 0 Å². The Balaban J connectivity index is 1.37. The molecule has 0 aliphatic carbocycles. The predicted octanol–water partition coefficient (Wildman–Crippen LogP) is 4.51. The van der Waals surface area contributed by atoms with E-state index in [-0.39, 0.29) is 11.9 Å². The fourth-order valence-electron chi connectivity index (χ4n) is 4.49. The Morgan fingerprint density at radius 2 is 1.59 bits per heavy atom.